The number of halogens is 2. The number of nitrogens with zero attached hydrogens (tertiary/aromatic N) is 2. The van der Waals surface area contributed by atoms with E-state index in [9.17, 15) is 14.4 Å². The number of rotatable bonds is 7. The predicted octanol–water partition coefficient (Wildman–Crippen LogP) is 3.62. The summed E-state index contributed by atoms with van der Waals surface area (Å²) in [5, 5.41) is 3.92. The number of amides is 2. The first-order valence-electron chi connectivity index (χ1n) is 10.7. The van der Waals surface area contributed by atoms with E-state index < -0.39 is 18.1 Å². The van der Waals surface area contributed by atoms with E-state index in [1.807, 2.05) is 23.1 Å². The second kappa shape index (κ2) is 11.5. The molecule has 1 fully saturated rings. The molecule has 0 bridgehead atoms. The average Bonchev–Trinajstić information content (AvgIpc) is 2.80. The number of benzene rings is 2. The molecule has 2 amide bonds. The van der Waals surface area contributed by atoms with Crippen LogP contribution in [-0.2, 0) is 19.1 Å². The molecule has 0 unspecified atom stereocenters. The first-order valence-corrected chi connectivity index (χ1v) is 11.4. The minimum atomic E-state index is -0.637. The Balaban J connectivity index is 1.67. The Morgan fingerprint density at radius 2 is 1.64 bits per heavy atom. The van der Waals surface area contributed by atoms with Crippen molar-refractivity contribution in [2.75, 3.05) is 33.3 Å². The summed E-state index contributed by atoms with van der Waals surface area (Å²) in [7, 11) is 1.35. The molecule has 7 nitrogen and oxygen atoms in total. The highest BCUT2D eigenvalue weighted by molar-refractivity contribution is 6.31. The van der Waals surface area contributed by atoms with Crippen LogP contribution in [0.3, 0.4) is 0 Å². The van der Waals surface area contributed by atoms with E-state index in [0.29, 0.717) is 41.8 Å². The average molecular weight is 492 g/mol. The number of ether oxygens (including phenoxy) is 1. The number of hydrogen-bond acceptors (Lipinski definition) is 5. The van der Waals surface area contributed by atoms with Crippen molar-refractivity contribution < 1.29 is 19.1 Å². The zero-order valence-corrected chi connectivity index (χ0v) is 20.1. The number of carbonyl (C=O) groups is 3. The van der Waals surface area contributed by atoms with Crippen molar-refractivity contribution >= 4 is 41.0 Å². The van der Waals surface area contributed by atoms with Crippen molar-refractivity contribution in [3.8, 4) is 0 Å². The summed E-state index contributed by atoms with van der Waals surface area (Å²) in [4.78, 5) is 41.0. The number of methoxy groups -OCH3 is 1. The second-order valence-electron chi connectivity index (χ2n) is 7.87. The lowest BCUT2D eigenvalue weighted by molar-refractivity contribution is -0.148. The molecule has 33 heavy (non-hydrogen) atoms. The normalized spacial score (nSPS) is 16.1. The summed E-state index contributed by atoms with van der Waals surface area (Å²) in [6, 6.07) is 13.2. The van der Waals surface area contributed by atoms with Crippen LogP contribution in [-0.4, -0.2) is 60.9 Å². The van der Waals surface area contributed by atoms with Gasteiger partial charge in [0.05, 0.1) is 19.6 Å². The summed E-state index contributed by atoms with van der Waals surface area (Å²) in [5.41, 5.74) is 1.49. The first kappa shape index (κ1) is 25.0. The van der Waals surface area contributed by atoms with Crippen LogP contribution in [0.5, 0.6) is 0 Å². The van der Waals surface area contributed by atoms with Gasteiger partial charge in [-0.2, -0.15) is 0 Å². The van der Waals surface area contributed by atoms with Crippen molar-refractivity contribution in [2.45, 2.75) is 25.4 Å². The maximum Gasteiger partial charge on any atom is 0.327 e. The van der Waals surface area contributed by atoms with Crippen LogP contribution in [0.4, 0.5) is 0 Å². The Labute approximate surface area is 203 Å². The van der Waals surface area contributed by atoms with Gasteiger partial charge in [-0.3, -0.25) is 14.5 Å². The highest BCUT2D eigenvalue weighted by Crippen LogP contribution is 2.30. The van der Waals surface area contributed by atoms with E-state index >= 15 is 0 Å². The highest BCUT2D eigenvalue weighted by Gasteiger charge is 2.34. The SMILES string of the molecule is COC(=O)[C@@H](c1ccccc1Cl)N1CCN(C(=O)C[C@@H](NC(C)=O)c2ccc(Cl)cc2)CC1. The standard InChI is InChI=1S/C24H27Cl2N3O4/c1-16(30)27-21(17-7-9-18(25)10-8-17)15-22(31)28-11-13-29(14-12-28)23(24(32)33-2)19-5-3-4-6-20(19)26/h3-10,21,23H,11-15H2,1-2H3,(H,27,30)/t21-,23-/m1/s1. The molecule has 3 rings (SSSR count). The van der Waals surface area contributed by atoms with Gasteiger partial charge >= 0.3 is 5.97 Å². The van der Waals surface area contributed by atoms with Crippen LogP contribution >= 0.6 is 23.2 Å². The number of hydrogen-bond donors (Lipinski definition) is 1. The molecule has 1 N–H and O–H groups in total. The molecule has 2 aromatic rings. The number of nitrogens with one attached hydrogen (secondary N) is 1. The fourth-order valence-electron chi connectivity index (χ4n) is 4.01. The molecule has 0 radical (unpaired) electrons. The summed E-state index contributed by atoms with van der Waals surface area (Å²) in [5.74, 6) is -0.680. The molecule has 0 saturated carbocycles. The van der Waals surface area contributed by atoms with E-state index in [2.05, 4.69) is 5.32 Å². The number of esters is 1. The molecule has 0 spiro atoms. The van der Waals surface area contributed by atoms with E-state index in [0.717, 1.165) is 5.56 Å². The van der Waals surface area contributed by atoms with Crippen molar-refractivity contribution in [1.82, 2.24) is 15.1 Å². The Morgan fingerprint density at radius 3 is 2.21 bits per heavy atom. The predicted molar refractivity (Wildman–Crippen MR) is 127 cm³/mol. The van der Waals surface area contributed by atoms with Crippen LogP contribution in [0.2, 0.25) is 10.0 Å². The Hall–Kier alpha value is -2.61. The lowest BCUT2D eigenvalue weighted by atomic mass is 10.0. The Bertz CT molecular complexity index is 991. The molecule has 0 aliphatic carbocycles. The van der Waals surface area contributed by atoms with E-state index in [1.165, 1.54) is 14.0 Å². The van der Waals surface area contributed by atoms with Crippen molar-refractivity contribution in [2.24, 2.45) is 0 Å². The van der Waals surface area contributed by atoms with Crippen LogP contribution in [0.1, 0.15) is 36.6 Å². The molecular formula is C24H27Cl2N3O4. The Kier molecular flexibility index (Phi) is 8.72. The topological polar surface area (TPSA) is 79.0 Å². The molecular weight excluding hydrogens is 465 g/mol. The van der Waals surface area contributed by atoms with Gasteiger partial charge in [0.25, 0.3) is 0 Å². The quantitative estimate of drug-likeness (QED) is 0.598. The van der Waals surface area contributed by atoms with Gasteiger partial charge in [0.1, 0.15) is 6.04 Å². The number of piperazine rings is 1. The minimum absolute atomic E-state index is 0.0734. The Morgan fingerprint density at radius 1 is 1.00 bits per heavy atom. The van der Waals surface area contributed by atoms with Crippen LogP contribution in [0.25, 0.3) is 0 Å². The van der Waals surface area contributed by atoms with Crippen LogP contribution in [0, 0.1) is 0 Å². The minimum Gasteiger partial charge on any atom is -0.468 e. The van der Waals surface area contributed by atoms with Gasteiger partial charge in [0.15, 0.2) is 0 Å². The van der Waals surface area contributed by atoms with E-state index in [-0.39, 0.29) is 18.2 Å². The van der Waals surface area contributed by atoms with Crippen LogP contribution < -0.4 is 5.32 Å². The first-order chi connectivity index (χ1) is 15.8. The molecule has 0 aromatic heterocycles. The molecule has 2 atom stereocenters. The summed E-state index contributed by atoms with van der Waals surface area (Å²) in [6.07, 6.45) is 0.131. The zero-order chi connectivity index (χ0) is 24.0. The number of carbonyl (C=O) groups excluding carboxylic acids is 3. The maximum atomic E-state index is 13.0. The van der Waals surface area contributed by atoms with E-state index in [1.54, 1.807) is 35.2 Å². The largest absolute Gasteiger partial charge is 0.468 e. The molecule has 9 heteroatoms. The molecule has 1 aliphatic heterocycles. The van der Waals surface area contributed by atoms with Gasteiger partial charge in [-0.25, -0.2) is 4.79 Å². The van der Waals surface area contributed by atoms with Gasteiger partial charge in [-0.05, 0) is 29.3 Å². The van der Waals surface area contributed by atoms with Crippen molar-refractivity contribution in [1.29, 1.82) is 0 Å². The third-order valence-electron chi connectivity index (χ3n) is 5.68. The van der Waals surface area contributed by atoms with Gasteiger partial charge in [-0.1, -0.05) is 53.5 Å². The lowest BCUT2D eigenvalue weighted by Gasteiger charge is -2.38. The summed E-state index contributed by atoms with van der Waals surface area (Å²) >= 11 is 12.3. The monoisotopic (exact) mass is 491 g/mol. The molecule has 1 saturated heterocycles. The van der Waals surface area contributed by atoms with Crippen molar-refractivity contribution in [3.63, 3.8) is 0 Å². The summed E-state index contributed by atoms with van der Waals surface area (Å²) in [6.45, 7) is 3.30. The fourth-order valence-corrected chi connectivity index (χ4v) is 4.37. The van der Waals surface area contributed by atoms with Gasteiger partial charge < -0.3 is 15.0 Å². The molecule has 1 heterocycles. The fraction of sp³-hybridized carbons (Fsp3) is 0.375. The van der Waals surface area contributed by atoms with Crippen LogP contribution in [0.15, 0.2) is 48.5 Å². The summed E-state index contributed by atoms with van der Waals surface area (Å²) < 4.78 is 5.03. The maximum absolute atomic E-state index is 13.0. The van der Waals surface area contributed by atoms with Gasteiger partial charge in [0.2, 0.25) is 11.8 Å². The van der Waals surface area contributed by atoms with Crippen molar-refractivity contribution in [3.05, 3.63) is 69.7 Å². The molecule has 1 aliphatic rings. The smallest absolute Gasteiger partial charge is 0.327 e. The van der Waals surface area contributed by atoms with E-state index in [4.69, 9.17) is 27.9 Å². The third-order valence-corrected chi connectivity index (χ3v) is 6.28. The lowest BCUT2D eigenvalue weighted by Crippen LogP contribution is -2.51. The second-order valence-corrected chi connectivity index (χ2v) is 8.72. The van der Waals surface area contributed by atoms with Gasteiger partial charge in [0, 0.05) is 43.1 Å². The third kappa shape index (κ3) is 6.47. The molecule has 2 aromatic carbocycles. The highest BCUT2D eigenvalue weighted by atomic mass is 35.5. The van der Waals surface area contributed by atoms with Gasteiger partial charge in [-0.15, -0.1) is 0 Å². The zero-order valence-electron chi connectivity index (χ0n) is 18.6. The molecule has 176 valence electrons.